The molecule has 148 valence electrons. The quantitative estimate of drug-likeness (QED) is 0.649. The second-order valence-corrected chi connectivity index (χ2v) is 6.95. The molecule has 2 amide bonds. The fourth-order valence-electron chi connectivity index (χ4n) is 3.34. The Morgan fingerprint density at radius 3 is 2.70 bits per heavy atom. The van der Waals surface area contributed by atoms with Crippen LogP contribution in [0.5, 0.6) is 5.75 Å². The third-order valence-corrected chi connectivity index (χ3v) is 5.03. The van der Waals surface area contributed by atoms with Crippen LogP contribution in [0.1, 0.15) is 31.2 Å². The van der Waals surface area contributed by atoms with E-state index in [1.807, 2.05) is 24.3 Å². The molecule has 27 heavy (non-hydrogen) atoms. The van der Waals surface area contributed by atoms with Crippen LogP contribution in [0.2, 0.25) is 0 Å². The first kappa shape index (κ1) is 19.6. The Hall–Kier alpha value is -2.12. The summed E-state index contributed by atoms with van der Waals surface area (Å²) in [6.07, 6.45) is 2.38. The van der Waals surface area contributed by atoms with Gasteiger partial charge >= 0.3 is 6.09 Å². The molecule has 7 nitrogen and oxygen atoms in total. The van der Waals surface area contributed by atoms with Crippen LogP contribution in [0.15, 0.2) is 24.3 Å². The van der Waals surface area contributed by atoms with E-state index in [2.05, 4.69) is 0 Å². The molecule has 2 fully saturated rings. The molecule has 0 unspecified atom stereocenters. The molecule has 0 N–H and O–H groups in total. The summed E-state index contributed by atoms with van der Waals surface area (Å²) in [4.78, 5) is 24.7. The number of cyclic esters (lactones) is 1. The van der Waals surface area contributed by atoms with Crippen molar-refractivity contribution in [1.29, 1.82) is 0 Å². The van der Waals surface area contributed by atoms with E-state index in [1.165, 1.54) is 4.90 Å². The fourth-order valence-corrected chi connectivity index (χ4v) is 3.34. The average Bonchev–Trinajstić information content (AvgIpc) is 3.13. The zero-order chi connectivity index (χ0) is 19.1. The molecule has 0 spiro atoms. The summed E-state index contributed by atoms with van der Waals surface area (Å²) in [7, 11) is 1.65. The Bertz CT molecular complexity index is 624. The number of rotatable bonds is 8. The maximum atomic E-state index is 12.1. The first-order valence-corrected chi connectivity index (χ1v) is 9.45. The van der Waals surface area contributed by atoms with Crippen LogP contribution in [0, 0.1) is 5.92 Å². The first-order chi connectivity index (χ1) is 13.2. The molecular weight excluding hydrogens is 350 g/mol. The summed E-state index contributed by atoms with van der Waals surface area (Å²) < 4.78 is 21.5. The molecule has 3 rings (SSSR count). The highest BCUT2D eigenvalue weighted by Gasteiger charge is 2.31. The van der Waals surface area contributed by atoms with E-state index in [1.54, 1.807) is 7.11 Å². The molecule has 1 aromatic rings. The van der Waals surface area contributed by atoms with Gasteiger partial charge in [-0.1, -0.05) is 12.1 Å². The van der Waals surface area contributed by atoms with E-state index in [0.717, 1.165) is 30.6 Å². The van der Waals surface area contributed by atoms with Gasteiger partial charge < -0.3 is 18.9 Å². The Morgan fingerprint density at radius 2 is 2.07 bits per heavy atom. The van der Waals surface area contributed by atoms with Gasteiger partial charge in [0.05, 0.1) is 32.8 Å². The summed E-state index contributed by atoms with van der Waals surface area (Å²) >= 11 is 0. The van der Waals surface area contributed by atoms with Gasteiger partial charge in [-0.3, -0.25) is 4.79 Å². The van der Waals surface area contributed by atoms with Crippen molar-refractivity contribution in [1.82, 2.24) is 4.90 Å². The second-order valence-electron chi connectivity index (χ2n) is 6.95. The van der Waals surface area contributed by atoms with Crippen LogP contribution in [0.4, 0.5) is 4.79 Å². The Labute approximate surface area is 159 Å². The molecule has 0 radical (unpaired) electrons. The number of imide groups is 1. The largest absolute Gasteiger partial charge is 0.497 e. The maximum Gasteiger partial charge on any atom is 0.416 e. The topological polar surface area (TPSA) is 74.3 Å². The lowest BCUT2D eigenvalue weighted by atomic mass is 9.94. The molecule has 2 aliphatic heterocycles. The van der Waals surface area contributed by atoms with Crippen LogP contribution in [-0.2, 0) is 25.6 Å². The molecule has 2 heterocycles. The maximum absolute atomic E-state index is 12.1. The molecule has 2 atom stereocenters. The highest BCUT2D eigenvalue weighted by Crippen LogP contribution is 2.24. The van der Waals surface area contributed by atoms with Gasteiger partial charge in [0.2, 0.25) is 5.91 Å². The van der Waals surface area contributed by atoms with E-state index in [9.17, 15) is 9.59 Å². The number of benzene rings is 1. The molecule has 0 bridgehead atoms. The van der Waals surface area contributed by atoms with Crippen molar-refractivity contribution in [2.75, 3.05) is 33.5 Å². The van der Waals surface area contributed by atoms with Crippen LogP contribution >= 0.6 is 0 Å². The van der Waals surface area contributed by atoms with Crippen LogP contribution in [0.3, 0.4) is 0 Å². The van der Waals surface area contributed by atoms with Gasteiger partial charge in [0, 0.05) is 13.2 Å². The van der Waals surface area contributed by atoms with Crippen molar-refractivity contribution in [2.24, 2.45) is 5.92 Å². The summed E-state index contributed by atoms with van der Waals surface area (Å²) in [6.45, 7) is 2.53. The summed E-state index contributed by atoms with van der Waals surface area (Å²) in [5.41, 5.74) is 1.12. The highest BCUT2D eigenvalue weighted by atomic mass is 16.6. The number of hydrogen-bond acceptors (Lipinski definition) is 6. The van der Waals surface area contributed by atoms with Crippen LogP contribution in [0.25, 0.3) is 0 Å². The SMILES string of the molecule is COc1ccc(COCC[C@H]2CC[C@@H](CC(=O)N3CCOC3=O)OC2)cc1. The van der Waals surface area contributed by atoms with Crippen LogP contribution < -0.4 is 4.74 Å². The van der Waals surface area contributed by atoms with Crippen molar-refractivity contribution < 1.29 is 28.5 Å². The lowest BCUT2D eigenvalue weighted by molar-refractivity contribution is -0.132. The molecule has 0 saturated carbocycles. The molecule has 0 aromatic heterocycles. The minimum absolute atomic E-state index is 0.109. The Morgan fingerprint density at radius 1 is 1.26 bits per heavy atom. The molecular formula is C20H27NO6. The lowest BCUT2D eigenvalue weighted by Gasteiger charge is -2.29. The monoisotopic (exact) mass is 377 g/mol. The number of carbonyl (C=O) groups excluding carboxylic acids is 2. The zero-order valence-corrected chi connectivity index (χ0v) is 15.7. The number of methoxy groups -OCH3 is 1. The highest BCUT2D eigenvalue weighted by molar-refractivity contribution is 5.93. The number of nitrogens with zero attached hydrogens (tertiary/aromatic N) is 1. The predicted molar refractivity (Wildman–Crippen MR) is 97.4 cm³/mol. The van der Waals surface area contributed by atoms with Gasteiger partial charge in [-0.25, -0.2) is 9.69 Å². The normalized spacial score (nSPS) is 22.6. The number of amides is 2. The summed E-state index contributed by atoms with van der Waals surface area (Å²) in [6, 6.07) is 7.86. The zero-order valence-electron chi connectivity index (χ0n) is 15.7. The van der Waals surface area contributed by atoms with Gasteiger partial charge in [0.25, 0.3) is 0 Å². The smallest absolute Gasteiger partial charge is 0.416 e. The number of carbonyl (C=O) groups is 2. The van der Waals surface area contributed by atoms with Gasteiger partial charge in [-0.05, 0) is 42.9 Å². The van der Waals surface area contributed by atoms with E-state index < -0.39 is 6.09 Å². The minimum atomic E-state index is -0.539. The van der Waals surface area contributed by atoms with Crippen molar-refractivity contribution in [2.45, 2.75) is 38.4 Å². The Kier molecular flexibility index (Phi) is 7.06. The lowest BCUT2D eigenvalue weighted by Crippen LogP contribution is -2.36. The van der Waals surface area contributed by atoms with Gasteiger partial charge in [0.15, 0.2) is 0 Å². The molecule has 1 aromatic carbocycles. The first-order valence-electron chi connectivity index (χ1n) is 9.45. The second kappa shape index (κ2) is 9.71. The van der Waals surface area contributed by atoms with Crippen molar-refractivity contribution >= 4 is 12.0 Å². The third-order valence-electron chi connectivity index (χ3n) is 5.03. The van der Waals surface area contributed by atoms with Crippen molar-refractivity contribution in [3.63, 3.8) is 0 Å². The fraction of sp³-hybridized carbons (Fsp3) is 0.600. The molecule has 2 saturated heterocycles. The third kappa shape index (κ3) is 5.68. The van der Waals surface area contributed by atoms with Gasteiger partial charge in [0.1, 0.15) is 12.4 Å². The average molecular weight is 377 g/mol. The molecule has 0 aliphatic carbocycles. The molecule has 7 heteroatoms. The number of hydrogen-bond donors (Lipinski definition) is 0. The Balaban J connectivity index is 1.29. The van der Waals surface area contributed by atoms with Crippen LogP contribution in [-0.4, -0.2) is 56.5 Å². The van der Waals surface area contributed by atoms with E-state index in [-0.39, 0.29) is 25.0 Å². The summed E-state index contributed by atoms with van der Waals surface area (Å²) in [5.74, 6) is 1.08. The van der Waals surface area contributed by atoms with E-state index in [4.69, 9.17) is 18.9 Å². The van der Waals surface area contributed by atoms with Gasteiger partial charge in [-0.2, -0.15) is 0 Å². The van der Waals surface area contributed by atoms with Gasteiger partial charge in [-0.15, -0.1) is 0 Å². The van der Waals surface area contributed by atoms with E-state index in [0.29, 0.717) is 32.3 Å². The van der Waals surface area contributed by atoms with E-state index >= 15 is 0 Å². The predicted octanol–water partition coefficient (Wildman–Crippen LogP) is 2.77. The minimum Gasteiger partial charge on any atom is -0.497 e. The summed E-state index contributed by atoms with van der Waals surface area (Å²) in [5, 5.41) is 0. The van der Waals surface area contributed by atoms with Crippen molar-refractivity contribution in [3.8, 4) is 5.75 Å². The molecule has 2 aliphatic rings. The standard InChI is InChI=1S/C20H27NO6/c1-24-17-5-2-15(3-6-17)13-25-10-8-16-4-7-18(27-14-16)12-19(22)21-9-11-26-20(21)23/h2-3,5-6,16,18H,4,7-14H2,1H3/t16-,18+/m1/s1. The van der Waals surface area contributed by atoms with Crippen molar-refractivity contribution in [3.05, 3.63) is 29.8 Å². The number of ether oxygens (including phenoxy) is 4.